The molecule has 4 rings (SSSR count). The lowest BCUT2D eigenvalue weighted by Crippen LogP contribution is -2.32. The fraction of sp³-hybridized carbons (Fsp3) is 0.524. The van der Waals surface area contributed by atoms with E-state index in [0.717, 1.165) is 55.3 Å². The summed E-state index contributed by atoms with van der Waals surface area (Å²) < 4.78 is 27.5. The van der Waals surface area contributed by atoms with E-state index in [9.17, 15) is 13.2 Å². The van der Waals surface area contributed by atoms with Crippen molar-refractivity contribution >= 4 is 15.9 Å². The number of aryl methyl sites for hydroxylation is 2. The summed E-state index contributed by atoms with van der Waals surface area (Å²) in [5, 5.41) is 10.1. The molecule has 1 heterocycles. The van der Waals surface area contributed by atoms with E-state index in [1.165, 1.54) is 4.31 Å². The molecule has 2 aromatic rings. The van der Waals surface area contributed by atoms with Crippen molar-refractivity contribution in [3.63, 3.8) is 0 Å². The molecular formula is C21H28N4O3S. The summed E-state index contributed by atoms with van der Waals surface area (Å²) in [7, 11) is -2.09. The van der Waals surface area contributed by atoms with Crippen molar-refractivity contribution in [2.24, 2.45) is 5.92 Å². The lowest BCUT2D eigenvalue weighted by molar-refractivity contribution is -0.125. The number of nitrogens with one attached hydrogen (secondary N) is 2. The minimum absolute atomic E-state index is 0.104. The molecule has 1 amide bonds. The first-order valence-electron chi connectivity index (χ1n) is 10.2. The van der Waals surface area contributed by atoms with E-state index in [0.29, 0.717) is 5.69 Å². The number of benzene rings is 1. The second kappa shape index (κ2) is 7.91. The number of hydrogen-bond donors (Lipinski definition) is 2. The van der Waals surface area contributed by atoms with Crippen molar-refractivity contribution in [3.05, 3.63) is 46.8 Å². The quantitative estimate of drug-likeness (QED) is 0.757. The van der Waals surface area contributed by atoms with Crippen LogP contribution < -0.4 is 5.32 Å². The number of carbonyl (C=O) groups excluding carboxylic acids is 1. The molecular weight excluding hydrogens is 388 g/mol. The molecule has 156 valence electrons. The van der Waals surface area contributed by atoms with Gasteiger partial charge in [0, 0.05) is 18.7 Å². The zero-order valence-corrected chi connectivity index (χ0v) is 17.8. The van der Waals surface area contributed by atoms with E-state index in [-0.39, 0.29) is 29.3 Å². The van der Waals surface area contributed by atoms with Gasteiger partial charge < -0.3 is 5.32 Å². The van der Waals surface area contributed by atoms with Crippen molar-refractivity contribution in [1.82, 2.24) is 19.8 Å². The van der Waals surface area contributed by atoms with Crippen LogP contribution in [0, 0.1) is 12.8 Å². The van der Waals surface area contributed by atoms with E-state index >= 15 is 0 Å². The fourth-order valence-corrected chi connectivity index (χ4v) is 5.59. The van der Waals surface area contributed by atoms with E-state index < -0.39 is 10.0 Å². The number of rotatable bonds is 6. The predicted molar refractivity (Wildman–Crippen MR) is 110 cm³/mol. The van der Waals surface area contributed by atoms with Gasteiger partial charge in [-0.25, -0.2) is 8.42 Å². The molecule has 0 saturated heterocycles. The van der Waals surface area contributed by atoms with Crippen LogP contribution in [0.3, 0.4) is 0 Å². The Morgan fingerprint density at radius 1 is 1.24 bits per heavy atom. The molecule has 29 heavy (non-hydrogen) atoms. The molecule has 1 aromatic heterocycles. The number of amides is 1. The smallest absolute Gasteiger partial charge is 0.243 e. The van der Waals surface area contributed by atoms with Gasteiger partial charge >= 0.3 is 0 Å². The van der Waals surface area contributed by atoms with Crippen LogP contribution in [-0.4, -0.2) is 35.9 Å². The van der Waals surface area contributed by atoms with Crippen LogP contribution in [-0.2, 0) is 27.8 Å². The average Bonchev–Trinajstić information content (AvgIpc) is 3.43. The van der Waals surface area contributed by atoms with E-state index in [2.05, 4.69) is 15.5 Å². The molecule has 0 radical (unpaired) electrons. The Morgan fingerprint density at radius 3 is 2.69 bits per heavy atom. The highest BCUT2D eigenvalue weighted by Crippen LogP contribution is 2.34. The van der Waals surface area contributed by atoms with Gasteiger partial charge in [0.15, 0.2) is 0 Å². The number of H-pyrrole nitrogens is 1. The lowest BCUT2D eigenvalue weighted by Gasteiger charge is -2.19. The largest absolute Gasteiger partial charge is 0.349 e. The average molecular weight is 417 g/mol. The van der Waals surface area contributed by atoms with Gasteiger partial charge in [0.2, 0.25) is 15.9 Å². The summed E-state index contributed by atoms with van der Waals surface area (Å²) in [5.41, 5.74) is 3.62. The van der Waals surface area contributed by atoms with Crippen molar-refractivity contribution in [2.75, 3.05) is 7.05 Å². The van der Waals surface area contributed by atoms with Crippen molar-refractivity contribution in [1.29, 1.82) is 0 Å². The molecule has 2 aliphatic carbocycles. The molecule has 2 aliphatic rings. The molecule has 1 fully saturated rings. The zero-order valence-electron chi connectivity index (χ0n) is 16.9. The molecule has 1 aromatic carbocycles. The van der Waals surface area contributed by atoms with Gasteiger partial charge in [0.05, 0.1) is 23.2 Å². The zero-order chi connectivity index (χ0) is 20.6. The first-order valence-corrected chi connectivity index (χ1v) is 11.7. The summed E-state index contributed by atoms with van der Waals surface area (Å²) in [6.07, 6.45) is 5.81. The fourth-order valence-electron chi connectivity index (χ4n) is 4.42. The summed E-state index contributed by atoms with van der Waals surface area (Å²) in [5.74, 6) is 0.217. The summed E-state index contributed by atoms with van der Waals surface area (Å²) in [6, 6.07) is 7.03. The molecule has 1 saturated carbocycles. The Balaban J connectivity index is 1.52. The number of carbonyl (C=O) groups is 1. The van der Waals surface area contributed by atoms with Gasteiger partial charge in [-0.05, 0) is 61.9 Å². The SMILES string of the molecule is Cc1cc(CN(C)S(=O)(=O)c2ccc3c(c2)C(NC(=O)C2CCCC2)CC3)n[nH]1. The second-order valence-electron chi connectivity index (χ2n) is 8.25. The monoisotopic (exact) mass is 416 g/mol. The van der Waals surface area contributed by atoms with Gasteiger partial charge in [-0.2, -0.15) is 9.40 Å². The number of fused-ring (bicyclic) bond motifs is 1. The van der Waals surface area contributed by atoms with Gasteiger partial charge in [-0.15, -0.1) is 0 Å². The highest BCUT2D eigenvalue weighted by molar-refractivity contribution is 7.89. The van der Waals surface area contributed by atoms with Crippen LogP contribution in [0.25, 0.3) is 0 Å². The van der Waals surface area contributed by atoms with Crippen LogP contribution >= 0.6 is 0 Å². The summed E-state index contributed by atoms with van der Waals surface area (Å²) >= 11 is 0. The Bertz CT molecular complexity index is 1010. The van der Waals surface area contributed by atoms with Crippen LogP contribution in [0.15, 0.2) is 29.2 Å². The molecule has 0 bridgehead atoms. The maximum atomic E-state index is 13.1. The maximum Gasteiger partial charge on any atom is 0.243 e. The first-order chi connectivity index (χ1) is 13.8. The minimum Gasteiger partial charge on any atom is -0.349 e. The first kappa shape index (κ1) is 20.1. The number of nitrogens with zero attached hydrogens (tertiary/aromatic N) is 2. The molecule has 1 unspecified atom stereocenters. The van der Waals surface area contributed by atoms with Gasteiger partial charge in [-0.3, -0.25) is 9.89 Å². The number of sulfonamides is 1. The van der Waals surface area contributed by atoms with Crippen LogP contribution in [0.2, 0.25) is 0 Å². The van der Waals surface area contributed by atoms with Crippen LogP contribution in [0.4, 0.5) is 0 Å². The third kappa shape index (κ3) is 4.09. The third-order valence-electron chi connectivity index (χ3n) is 6.09. The predicted octanol–water partition coefficient (Wildman–Crippen LogP) is 2.83. The Morgan fingerprint density at radius 2 is 2.00 bits per heavy atom. The summed E-state index contributed by atoms with van der Waals surface area (Å²) in [4.78, 5) is 12.8. The minimum atomic E-state index is -3.65. The van der Waals surface area contributed by atoms with Crippen molar-refractivity contribution in [3.8, 4) is 0 Å². The highest BCUT2D eigenvalue weighted by Gasteiger charge is 2.30. The van der Waals surface area contributed by atoms with Gasteiger partial charge in [0.25, 0.3) is 0 Å². The van der Waals surface area contributed by atoms with E-state index in [1.54, 1.807) is 19.2 Å². The lowest BCUT2D eigenvalue weighted by atomic mass is 10.0. The Labute approximate surface area is 171 Å². The molecule has 0 aliphatic heterocycles. The molecule has 1 atom stereocenters. The molecule has 8 heteroatoms. The normalized spacial score (nSPS) is 19.6. The molecule has 0 spiro atoms. The van der Waals surface area contributed by atoms with Gasteiger partial charge in [0.1, 0.15) is 0 Å². The van der Waals surface area contributed by atoms with Gasteiger partial charge in [-0.1, -0.05) is 18.9 Å². The van der Waals surface area contributed by atoms with Crippen LogP contribution in [0.5, 0.6) is 0 Å². The van der Waals surface area contributed by atoms with Crippen molar-refractivity contribution in [2.45, 2.75) is 62.9 Å². The third-order valence-corrected chi connectivity index (χ3v) is 7.89. The Hall–Kier alpha value is -2.19. The molecule has 7 nitrogen and oxygen atoms in total. The highest BCUT2D eigenvalue weighted by atomic mass is 32.2. The number of aromatic nitrogens is 2. The summed E-state index contributed by atoms with van der Waals surface area (Å²) in [6.45, 7) is 2.08. The standard InChI is InChI=1S/C21H28N4O3S/c1-14-11-17(24-23-14)13-25(2)29(27,28)18-9-7-15-8-10-20(19(15)12-18)22-21(26)16-5-3-4-6-16/h7,9,11-12,16,20H,3-6,8,10,13H2,1-2H3,(H,22,26)(H,23,24). The number of aromatic amines is 1. The number of hydrogen-bond acceptors (Lipinski definition) is 4. The molecule has 2 N–H and O–H groups in total. The van der Waals surface area contributed by atoms with Crippen LogP contribution in [0.1, 0.15) is 60.7 Å². The second-order valence-corrected chi connectivity index (χ2v) is 10.3. The van der Waals surface area contributed by atoms with Crippen molar-refractivity contribution < 1.29 is 13.2 Å². The maximum absolute atomic E-state index is 13.1. The Kier molecular flexibility index (Phi) is 5.48. The van der Waals surface area contributed by atoms with E-state index in [4.69, 9.17) is 0 Å². The van der Waals surface area contributed by atoms with E-state index in [1.807, 2.05) is 19.1 Å². The topological polar surface area (TPSA) is 95.2 Å².